The van der Waals surface area contributed by atoms with Crippen molar-refractivity contribution < 1.29 is 4.79 Å². The van der Waals surface area contributed by atoms with Crippen molar-refractivity contribution in [1.82, 2.24) is 10.3 Å². The van der Waals surface area contributed by atoms with Gasteiger partial charge in [-0.25, -0.2) is 4.98 Å². The first-order chi connectivity index (χ1) is 8.50. The molecule has 0 radical (unpaired) electrons. The highest BCUT2D eigenvalue weighted by atomic mass is 32.1. The van der Waals surface area contributed by atoms with Gasteiger partial charge in [0.2, 0.25) is 5.91 Å². The number of amides is 1. The Morgan fingerprint density at radius 2 is 2.17 bits per heavy atom. The number of nitrogens with zero attached hydrogens (tertiary/aromatic N) is 1. The molecule has 1 aromatic rings. The molecule has 0 aliphatic rings. The summed E-state index contributed by atoms with van der Waals surface area (Å²) in [5.41, 5.74) is 5.69. The highest BCUT2D eigenvalue weighted by molar-refractivity contribution is 7.09. The van der Waals surface area contributed by atoms with Crippen LogP contribution in [0.3, 0.4) is 0 Å². The van der Waals surface area contributed by atoms with Gasteiger partial charge in [0.05, 0.1) is 6.04 Å². The maximum absolute atomic E-state index is 12.0. The van der Waals surface area contributed by atoms with Gasteiger partial charge in [-0.05, 0) is 26.7 Å². The molecule has 0 saturated heterocycles. The molecule has 0 aliphatic carbocycles. The molecule has 0 aliphatic heterocycles. The molecule has 102 valence electrons. The van der Waals surface area contributed by atoms with Crippen LogP contribution in [0, 0.1) is 5.92 Å². The fraction of sp³-hybridized carbons (Fsp3) is 0.692. The van der Waals surface area contributed by atoms with Crippen molar-refractivity contribution >= 4 is 17.2 Å². The largest absolute Gasteiger partial charge is 0.347 e. The number of nitrogens with one attached hydrogen (secondary N) is 1. The molecule has 5 heteroatoms. The van der Waals surface area contributed by atoms with E-state index in [1.54, 1.807) is 17.5 Å². The Labute approximate surface area is 113 Å². The third-order valence-electron chi connectivity index (χ3n) is 2.92. The zero-order chi connectivity index (χ0) is 13.5. The monoisotopic (exact) mass is 269 g/mol. The van der Waals surface area contributed by atoms with E-state index in [1.807, 2.05) is 26.2 Å². The molecule has 0 fully saturated rings. The van der Waals surface area contributed by atoms with E-state index in [0.29, 0.717) is 0 Å². The van der Waals surface area contributed by atoms with Gasteiger partial charge < -0.3 is 11.1 Å². The first-order valence-corrected chi connectivity index (χ1v) is 7.34. The summed E-state index contributed by atoms with van der Waals surface area (Å²) in [4.78, 5) is 16.2. The molecule has 0 spiro atoms. The minimum Gasteiger partial charge on any atom is -0.347 e. The van der Waals surface area contributed by atoms with Crippen LogP contribution in [0.1, 0.15) is 51.1 Å². The summed E-state index contributed by atoms with van der Waals surface area (Å²) in [6.45, 7) is 5.92. The van der Waals surface area contributed by atoms with Crippen molar-refractivity contribution in [2.45, 2.75) is 52.1 Å². The molecule has 0 bridgehead atoms. The van der Waals surface area contributed by atoms with Crippen LogP contribution in [-0.4, -0.2) is 16.9 Å². The maximum Gasteiger partial charge on any atom is 0.223 e. The Hall–Kier alpha value is -0.940. The molecule has 1 rings (SSSR count). The fourth-order valence-electron chi connectivity index (χ4n) is 1.74. The Morgan fingerprint density at radius 1 is 1.44 bits per heavy atom. The molecule has 1 amide bonds. The van der Waals surface area contributed by atoms with Crippen molar-refractivity contribution in [3.63, 3.8) is 0 Å². The van der Waals surface area contributed by atoms with E-state index in [4.69, 9.17) is 5.73 Å². The number of hydrogen-bond acceptors (Lipinski definition) is 4. The maximum atomic E-state index is 12.0. The average molecular weight is 269 g/mol. The average Bonchev–Trinajstić information content (AvgIpc) is 2.81. The van der Waals surface area contributed by atoms with Gasteiger partial charge in [-0.1, -0.05) is 13.3 Å². The van der Waals surface area contributed by atoms with Crippen molar-refractivity contribution in [2.24, 2.45) is 11.7 Å². The van der Waals surface area contributed by atoms with Crippen LogP contribution in [0.25, 0.3) is 0 Å². The van der Waals surface area contributed by atoms with E-state index >= 15 is 0 Å². The fourth-order valence-corrected chi connectivity index (χ4v) is 2.39. The van der Waals surface area contributed by atoms with Gasteiger partial charge in [-0.15, -0.1) is 11.3 Å². The predicted octanol–water partition coefficient (Wildman–Crippen LogP) is 2.47. The first-order valence-electron chi connectivity index (χ1n) is 6.46. The van der Waals surface area contributed by atoms with E-state index < -0.39 is 0 Å². The van der Waals surface area contributed by atoms with Gasteiger partial charge in [-0.2, -0.15) is 0 Å². The number of rotatable bonds is 7. The summed E-state index contributed by atoms with van der Waals surface area (Å²) >= 11 is 1.56. The Bertz CT molecular complexity index is 351. The highest BCUT2D eigenvalue weighted by Gasteiger charge is 2.17. The zero-order valence-electron chi connectivity index (χ0n) is 11.3. The van der Waals surface area contributed by atoms with Gasteiger partial charge in [0, 0.05) is 23.5 Å². The number of carbonyl (C=O) groups excluding carboxylic acids is 1. The lowest BCUT2D eigenvalue weighted by Gasteiger charge is -2.16. The van der Waals surface area contributed by atoms with Gasteiger partial charge in [0.15, 0.2) is 0 Å². The second-order valence-corrected chi connectivity index (χ2v) is 5.84. The Kier molecular flexibility index (Phi) is 6.29. The quantitative estimate of drug-likeness (QED) is 0.799. The second-order valence-electron chi connectivity index (χ2n) is 4.91. The van der Waals surface area contributed by atoms with Gasteiger partial charge >= 0.3 is 0 Å². The van der Waals surface area contributed by atoms with Crippen molar-refractivity contribution in [3.05, 3.63) is 16.6 Å². The van der Waals surface area contributed by atoms with Crippen LogP contribution < -0.4 is 11.1 Å². The van der Waals surface area contributed by atoms with Gasteiger partial charge in [-0.3, -0.25) is 4.79 Å². The van der Waals surface area contributed by atoms with Crippen LogP contribution in [0.2, 0.25) is 0 Å². The summed E-state index contributed by atoms with van der Waals surface area (Å²) in [5.74, 6) is 0.133. The van der Waals surface area contributed by atoms with E-state index in [1.165, 1.54) is 0 Å². The molecule has 3 N–H and O–H groups in total. The summed E-state index contributed by atoms with van der Waals surface area (Å²) in [5, 5.41) is 5.87. The van der Waals surface area contributed by atoms with Crippen LogP contribution in [-0.2, 0) is 4.79 Å². The molecular formula is C13H23N3OS. The lowest BCUT2D eigenvalue weighted by molar-refractivity contribution is -0.125. The molecule has 1 aromatic heterocycles. The lowest BCUT2D eigenvalue weighted by atomic mass is 10.0. The molecule has 4 nitrogen and oxygen atoms in total. The minimum atomic E-state index is -0.00613. The van der Waals surface area contributed by atoms with Crippen LogP contribution in [0.15, 0.2) is 11.6 Å². The molecule has 0 aromatic carbocycles. The smallest absolute Gasteiger partial charge is 0.223 e. The minimum absolute atomic E-state index is 0.00613. The van der Waals surface area contributed by atoms with Gasteiger partial charge in [0.1, 0.15) is 5.01 Å². The van der Waals surface area contributed by atoms with E-state index in [9.17, 15) is 4.79 Å². The van der Waals surface area contributed by atoms with E-state index in [-0.39, 0.29) is 23.9 Å². The van der Waals surface area contributed by atoms with Crippen molar-refractivity contribution in [1.29, 1.82) is 0 Å². The van der Waals surface area contributed by atoms with E-state index in [0.717, 1.165) is 24.3 Å². The summed E-state index contributed by atoms with van der Waals surface area (Å²) in [7, 11) is 0. The summed E-state index contributed by atoms with van der Waals surface area (Å²) in [6, 6.07) is 0.211. The SMILES string of the molecule is CC(N)CCCC(C)C(=O)NC(C)c1nccs1. The van der Waals surface area contributed by atoms with Crippen molar-refractivity contribution in [2.75, 3.05) is 0 Å². The van der Waals surface area contributed by atoms with Crippen LogP contribution in [0.4, 0.5) is 0 Å². The van der Waals surface area contributed by atoms with E-state index in [2.05, 4.69) is 10.3 Å². The molecule has 1 heterocycles. The highest BCUT2D eigenvalue weighted by Crippen LogP contribution is 2.16. The zero-order valence-corrected chi connectivity index (χ0v) is 12.2. The number of carbonyl (C=O) groups is 1. The molecule has 3 unspecified atom stereocenters. The topological polar surface area (TPSA) is 68.0 Å². The third-order valence-corrected chi connectivity index (χ3v) is 3.88. The van der Waals surface area contributed by atoms with Crippen LogP contribution >= 0.6 is 11.3 Å². The number of nitrogens with two attached hydrogens (primary N) is 1. The lowest BCUT2D eigenvalue weighted by Crippen LogP contribution is -2.31. The summed E-state index contributed by atoms with van der Waals surface area (Å²) < 4.78 is 0. The number of thiazole rings is 1. The number of aromatic nitrogens is 1. The Balaban J connectivity index is 2.31. The molecular weight excluding hydrogens is 246 g/mol. The van der Waals surface area contributed by atoms with Gasteiger partial charge in [0.25, 0.3) is 0 Å². The third kappa shape index (κ3) is 5.14. The molecule has 18 heavy (non-hydrogen) atoms. The van der Waals surface area contributed by atoms with Crippen molar-refractivity contribution in [3.8, 4) is 0 Å². The molecule has 0 saturated carbocycles. The van der Waals surface area contributed by atoms with Crippen LogP contribution in [0.5, 0.6) is 0 Å². The Morgan fingerprint density at radius 3 is 2.72 bits per heavy atom. The standard InChI is InChI=1S/C13H23N3OS/c1-9(5-4-6-10(2)14)12(17)16-11(3)13-15-7-8-18-13/h7-11H,4-6,14H2,1-3H3,(H,16,17). The molecule has 3 atom stereocenters. The summed E-state index contributed by atoms with van der Waals surface area (Å²) in [6.07, 6.45) is 4.62. The predicted molar refractivity (Wildman–Crippen MR) is 75.3 cm³/mol. The second kappa shape index (κ2) is 7.48. The first kappa shape index (κ1) is 15.1. The normalized spacial score (nSPS) is 16.0. The number of hydrogen-bond donors (Lipinski definition) is 2.